The van der Waals surface area contributed by atoms with Crippen LogP contribution in [0.2, 0.25) is 0 Å². The summed E-state index contributed by atoms with van der Waals surface area (Å²) in [5.41, 5.74) is 0.598. The predicted molar refractivity (Wildman–Crippen MR) is 120 cm³/mol. The number of esters is 2. The van der Waals surface area contributed by atoms with E-state index in [2.05, 4.69) is 5.32 Å². The average molecular weight is 450 g/mol. The molecule has 0 saturated carbocycles. The number of hydrogen-bond donors (Lipinski definition) is 1. The van der Waals surface area contributed by atoms with Crippen molar-refractivity contribution in [2.75, 3.05) is 13.2 Å². The second kappa shape index (κ2) is 12.8. The van der Waals surface area contributed by atoms with Gasteiger partial charge in [-0.1, -0.05) is 40.2 Å². The van der Waals surface area contributed by atoms with E-state index in [-0.39, 0.29) is 48.6 Å². The number of ether oxygens (including phenoxy) is 3. The third-order valence-electron chi connectivity index (χ3n) is 4.32. The van der Waals surface area contributed by atoms with Crippen molar-refractivity contribution in [2.45, 2.75) is 73.3 Å². The molecule has 0 bridgehead atoms. The molecule has 0 heterocycles. The van der Waals surface area contributed by atoms with E-state index in [0.29, 0.717) is 12.0 Å². The molecule has 1 rings (SSSR count). The van der Waals surface area contributed by atoms with Crippen LogP contribution < -0.4 is 10.1 Å². The number of carbonyl (C=O) groups is 4. The summed E-state index contributed by atoms with van der Waals surface area (Å²) < 4.78 is 15.6. The molecule has 0 aromatic heterocycles. The van der Waals surface area contributed by atoms with Gasteiger partial charge in [0.2, 0.25) is 0 Å². The standard InChI is InChI=1S/C24H35NO7/c1-7-9-10-21(27)32-20-12-11-17(13-18(20)16(3)26)14-19(22(28)30-8-2)25-23(29)31-15-24(4,5)6/h11-13,19H,7-10,14-15H2,1-6H3,(H,25,29). The predicted octanol–water partition coefficient (Wildman–Crippen LogP) is 4.23. The minimum atomic E-state index is -1.000. The summed E-state index contributed by atoms with van der Waals surface area (Å²) in [4.78, 5) is 48.7. The van der Waals surface area contributed by atoms with Crippen LogP contribution in [0, 0.1) is 5.41 Å². The van der Waals surface area contributed by atoms with Crippen molar-refractivity contribution in [3.05, 3.63) is 29.3 Å². The highest BCUT2D eigenvalue weighted by molar-refractivity contribution is 5.97. The molecule has 8 nitrogen and oxygen atoms in total. The molecule has 0 aliphatic rings. The highest BCUT2D eigenvalue weighted by atomic mass is 16.6. The SMILES string of the molecule is CCCCC(=O)Oc1ccc(CC(NC(=O)OCC(C)(C)C)C(=O)OCC)cc1C(C)=O. The molecule has 1 aromatic rings. The van der Waals surface area contributed by atoms with Gasteiger partial charge in [-0.05, 0) is 43.4 Å². The summed E-state index contributed by atoms with van der Waals surface area (Å²) in [5, 5.41) is 2.54. The topological polar surface area (TPSA) is 108 Å². The lowest BCUT2D eigenvalue weighted by atomic mass is 9.99. The Hall–Kier alpha value is -2.90. The van der Waals surface area contributed by atoms with Crippen LogP contribution in [0.5, 0.6) is 5.75 Å². The molecule has 1 aromatic carbocycles. The number of benzene rings is 1. The summed E-state index contributed by atoms with van der Waals surface area (Å²) in [6.45, 7) is 11.1. The summed E-state index contributed by atoms with van der Waals surface area (Å²) in [7, 11) is 0. The third-order valence-corrected chi connectivity index (χ3v) is 4.32. The number of ketones is 1. The van der Waals surface area contributed by atoms with E-state index < -0.39 is 24.1 Å². The minimum absolute atomic E-state index is 0.0772. The summed E-state index contributed by atoms with van der Waals surface area (Å²) in [6.07, 6.45) is 1.17. The molecular formula is C24H35NO7. The van der Waals surface area contributed by atoms with Crippen LogP contribution in [0.3, 0.4) is 0 Å². The zero-order chi connectivity index (χ0) is 24.3. The second-order valence-electron chi connectivity index (χ2n) is 8.75. The van der Waals surface area contributed by atoms with Gasteiger partial charge in [0.25, 0.3) is 0 Å². The molecule has 32 heavy (non-hydrogen) atoms. The van der Waals surface area contributed by atoms with Gasteiger partial charge < -0.3 is 19.5 Å². The smallest absolute Gasteiger partial charge is 0.407 e. The van der Waals surface area contributed by atoms with Crippen LogP contribution in [0.1, 0.15) is 76.7 Å². The Morgan fingerprint density at radius 2 is 1.75 bits per heavy atom. The Labute approximate surface area is 190 Å². The van der Waals surface area contributed by atoms with E-state index in [1.54, 1.807) is 19.1 Å². The first-order valence-corrected chi connectivity index (χ1v) is 10.9. The number of Topliss-reactive ketones (excluding diaryl/α,β-unsaturated/α-hetero) is 1. The summed E-state index contributed by atoms with van der Waals surface area (Å²) >= 11 is 0. The first-order valence-electron chi connectivity index (χ1n) is 10.9. The van der Waals surface area contributed by atoms with Gasteiger partial charge in [-0.3, -0.25) is 9.59 Å². The normalized spacial score (nSPS) is 11.9. The van der Waals surface area contributed by atoms with Gasteiger partial charge in [0.1, 0.15) is 11.8 Å². The molecule has 178 valence electrons. The van der Waals surface area contributed by atoms with Crippen LogP contribution in [-0.4, -0.2) is 43.1 Å². The van der Waals surface area contributed by atoms with E-state index in [1.807, 2.05) is 27.7 Å². The highest BCUT2D eigenvalue weighted by Gasteiger charge is 2.25. The Morgan fingerprint density at radius 3 is 2.31 bits per heavy atom. The van der Waals surface area contributed by atoms with E-state index in [0.717, 1.165) is 6.42 Å². The Balaban J connectivity index is 3.01. The molecule has 0 spiro atoms. The first kappa shape index (κ1) is 27.1. The fraction of sp³-hybridized carbons (Fsp3) is 0.583. The quantitative estimate of drug-likeness (QED) is 0.306. The van der Waals surface area contributed by atoms with Crippen LogP contribution in [0.4, 0.5) is 4.79 Å². The van der Waals surface area contributed by atoms with Gasteiger partial charge in [0, 0.05) is 12.8 Å². The van der Waals surface area contributed by atoms with Gasteiger partial charge in [-0.25, -0.2) is 9.59 Å². The second-order valence-corrected chi connectivity index (χ2v) is 8.75. The number of carbonyl (C=O) groups excluding carboxylic acids is 4. The first-order chi connectivity index (χ1) is 15.0. The molecular weight excluding hydrogens is 414 g/mol. The lowest BCUT2D eigenvalue weighted by molar-refractivity contribution is -0.145. The van der Waals surface area contributed by atoms with Crippen molar-refractivity contribution < 1.29 is 33.4 Å². The summed E-state index contributed by atoms with van der Waals surface area (Å²) in [5.74, 6) is -1.13. The van der Waals surface area contributed by atoms with Crippen LogP contribution in [0.25, 0.3) is 0 Å². The lowest BCUT2D eigenvalue weighted by Gasteiger charge is -2.21. The summed E-state index contributed by atoms with van der Waals surface area (Å²) in [6, 6.07) is 3.72. The lowest BCUT2D eigenvalue weighted by Crippen LogP contribution is -2.44. The molecule has 0 aliphatic heterocycles. The van der Waals surface area contributed by atoms with Crippen molar-refractivity contribution in [3.8, 4) is 5.75 Å². The van der Waals surface area contributed by atoms with E-state index >= 15 is 0 Å². The Morgan fingerprint density at radius 1 is 1.06 bits per heavy atom. The Kier molecular flexibility index (Phi) is 10.9. The number of nitrogens with one attached hydrogen (secondary N) is 1. The number of hydrogen-bond acceptors (Lipinski definition) is 7. The van der Waals surface area contributed by atoms with Crippen molar-refractivity contribution in [3.63, 3.8) is 0 Å². The maximum atomic E-state index is 12.4. The third kappa shape index (κ3) is 9.94. The molecule has 0 saturated heterocycles. The van der Waals surface area contributed by atoms with Crippen molar-refractivity contribution in [1.29, 1.82) is 0 Å². The van der Waals surface area contributed by atoms with Gasteiger partial charge in [0.15, 0.2) is 5.78 Å². The maximum absolute atomic E-state index is 12.4. The molecule has 1 atom stereocenters. The maximum Gasteiger partial charge on any atom is 0.407 e. The van der Waals surface area contributed by atoms with E-state index in [1.165, 1.54) is 13.0 Å². The number of amides is 1. The van der Waals surface area contributed by atoms with E-state index in [4.69, 9.17) is 14.2 Å². The zero-order valence-corrected chi connectivity index (χ0v) is 19.9. The molecule has 1 amide bonds. The molecule has 0 fully saturated rings. The molecule has 1 unspecified atom stereocenters. The van der Waals surface area contributed by atoms with Crippen LogP contribution in [-0.2, 0) is 25.5 Å². The molecule has 0 aliphatic carbocycles. The fourth-order valence-corrected chi connectivity index (χ4v) is 2.70. The minimum Gasteiger partial charge on any atom is -0.464 e. The van der Waals surface area contributed by atoms with Gasteiger partial charge in [-0.15, -0.1) is 0 Å². The van der Waals surface area contributed by atoms with Gasteiger partial charge >= 0.3 is 18.0 Å². The van der Waals surface area contributed by atoms with Crippen molar-refractivity contribution in [2.24, 2.45) is 5.41 Å². The van der Waals surface area contributed by atoms with Crippen molar-refractivity contribution in [1.82, 2.24) is 5.32 Å². The number of alkyl carbamates (subject to hydrolysis) is 1. The van der Waals surface area contributed by atoms with Crippen LogP contribution in [0.15, 0.2) is 18.2 Å². The molecule has 0 radical (unpaired) electrons. The Bertz CT molecular complexity index is 811. The number of unbranched alkanes of at least 4 members (excludes halogenated alkanes) is 1. The van der Waals surface area contributed by atoms with Crippen LogP contribution >= 0.6 is 0 Å². The number of rotatable bonds is 11. The van der Waals surface area contributed by atoms with Gasteiger partial charge in [0.05, 0.1) is 18.8 Å². The fourth-order valence-electron chi connectivity index (χ4n) is 2.70. The van der Waals surface area contributed by atoms with Gasteiger partial charge in [-0.2, -0.15) is 0 Å². The largest absolute Gasteiger partial charge is 0.464 e. The zero-order valence-electron chi connectivity index (χ0n) is 19.9. The van der Waals surface area contributed by atoms with E-state index in [9.17, 15) is 19.2 Å². The monoisotopic (exact) mass is 449 g/mol. The molecule has 8 heteroatoms. The average Bonchev–Trinajstić information content (AvgIpc) is 2.70. The highest BCUT2D eigenvalue weighted by Crippen LogP contribution is 2.23. The van der Waals surface area contributed by atoms with Crippen molar-refractivity contribution >= 4 is 23.8 Å². The molecule has 1 N–H and O–H groups in total.